The average Bonchev–Trinajstić information content (AvgIpc) is 2.31. The number of hydrogen-bond donors (Lipinski definition) is 3. The molecule has 1 atom stereocenters. The van der Waals surface area contributed by atoms with Gasteiger partial charge in [0.15, 0.2) is 12.6 Å². The number of carbonyl (C=O) groups excluding carboxylic acids is 1. The van der Waals surface area contributed by atoms with Gasteiger partial charge in [0, 0.05) is 12.8 Å². The second kappa shape index (κ2) is 8.42. The molecule has 0 aromatic heterocycles. The zero-order chi connectivity index (χ0) is 14.2. The third-order valence-corrected chi connectivity index (χ3v) is 2.74. The van der Waals surface area contributed by atoms with Gasteiger partial charge in [-0.2, -0.15) is 0 Å². The summed E-state index contributed by atoms with van der Waals surface area (Å²) in [5, 5.41) is 26.4. The Morgan fingerprint density at radius 1 is 1.17 bits per heavy atom. The molecule has 6 nitrogen and oxygen atoms in total. The fraction of sp³-hybridized carbons (Fsp3) is 0.917. The topological polar surface area (TPSA) is 96.2 Å². The highest BCUT2D eigenvalue weighted by Gasteiger charge is 2.26. The first-order valence-corrected chi connectivity index (χ1v) is 6.12. The molecule has 18 heavy (non-hydrogen) atoms. The summed E-state index contributed by atoms with van der Waals surface area (Å²) >= 11 is 0. The first-order valence-electron chi connectivity index (χ1n) is 6.12. The van der Waals surface area contributed by atoms with Crippen LogP contribution in [0.25, 0.3) is 0 Å². The summed E-state index contributed by atoms with van der Waals surface area (Å²) in [6.07, 6.45) is -1.70. The summed E-state index contributed by atoms with van der Waals surface area (Å²) in [7, 11) is 0. The quantitative estimate of drug-likeness (QED) is 0.317. The highest BCUT2D eigenvalue weighted by atomic mass is 16.6. The molecule has 108 valence electrons. The molecule has 0 saturated carbocycles. The number of ether oxygens (including phenoxy) is 2. The van der Waals surface area contributed by atoms with Crippen molar-refractivity contribution in [3.8, 4) is 0 Å². The number of rotatable bonds is 9. The van der Waals surface area contributed by atoms with Gasteiger partial charge in [0.2, 0.25) is 0 Å². The molecule has 6 heteroatoms. The Hall–Kier alpha value is -0.690. The Morgan fingerprint density at radius 3 is 2.28 bits per heavy atom. The molecule has 0 aromatic carbocycles. The van der Waals surface area contributed by atoms with Crippen LogP contribution in [-0.4, -0.2) is 47.1 Å². The van der Waals surface area contributed by atoms with Crippen molar-refractivity contribution in [2.45, 2.75) is 52.6 Å². The number of esters is 1. The second-order valence-corrected chi connectivity index (χ2v) is 4.76. The van der Waals surface area contributed by atoms with Crippen LogP contribution in [0.1, 0.15) is 40.0 Å². The molecule has 0 aromatic rings. The van der Waals surface area contributed by atoms with E-state index in [1.807, 2.05) is 6.92 Å². The molecule has 0 rings (SSSR count). The van der Waals surface area contributed by atoms with Crippen LogP contribution < -0.4 is 0 Å². The fourth-order valence-corrected chi connectivity index (χ4v) is 1.03. The molecule has 1 unspecified atom stereocenters. The molecule has 0 saturated heterocycles. The molecule has 0 bridgehead atoms. The number of aliphatic hydroxyl groups is 3. The Labute approximate surface area is 108 Å². The summed E-state index contributed by atoms with van der Waals surface area (Å²) in [6, 6.07) is 0. The van der Waals surface area contributed by atoms with Crippen LogP contribution >= 0.6 is 0 Å². The maximum absolute atomic E-state index is 11.5. The van der Waals surface area contributed by atoms with E-state index in [0.717, 1.165) is 0 Å². The molecule has 0 aliphatic carbocycles. The van der Waals surface area contributed by atoms with E-state index in [9.17, 15) is 9.90 Å². The Balaban J connectivity index is 3.64. The van der Waals surface area contributed by atoms with E-state index in [2.05, 4.69) is 0 Å². The van der Waals surface area contributed by atoms with Gasteiger partial charge in [-0.05, 0) is 20.3 Å². The molecule has 0 radical (unpaired) electrons. The minimum Gasteiger partial charge on any atom is -0.463 e. The van der Waals surface area contributed by atoms with Gasteiger partial charge in [0.25, 0.3) is 0 Å². The number of aliphatic hydroxyl groups excluding tert-OH is 2. The van der Waals surface area contributed by atoms with Crippen molar-refractivity contribution in [3.63, 3.8) is 0 Å². The highest BCUT2D eigenvalue weighted by molar-refractivity contribution is 5.75. The van der Waals surface area contributed by atoms with Crippen molar-refractivity contribution in [1.82, 2.24) is 0 Å². The lowest BCUT2D eigenvalue weighted by Gasteiger charge is -2.20. The van der Waals surface area contributed by atoms with Crippen LogP contribution in [0, 0.1) is 5.41 Å². The lowest BCUT2D eigenvalue weighted by Crippen LogP contribution is -2.27. The Morgan fingerprint density at radius 2 is 1.78 bits per heavy atom. The van der Waals surface area contributed by atoms with Crippen LogP contribution in [0.3, 0.4) is 0 Å². The monoisotopic (exact) mass is 264 g/mol. The molecule has 3 N–H and O–H groups in total. The standard InChI is InChI=1S/C12H24O6/c1-4-12(2,3)11(16)18-8-7-17-10(15)6-5-9(13)14/h9-10,13-15H,4-8H2,1-3H3. The lowest BCUT2D eigenvalue weighted by atomic mass is 9.91. The van der Waals surface area contributed by atoms with Crippen molar-refractivity contribution in [2.24, 2.45) is 5.41 Å². The first kappa shape index (κ1) is 17.3. The van der Waals surface area contributed by atoms with E-state index in [1.165, 1.54) is 0 Å². The first-order chi connectivity index (χ1) is 8.29. The zero-order valence-electron chi connectivity index (χ0n) is 11.3. The van der Waals surface area contributed by atoms with Crippen LogP contribution in [0.5, 0.6) is 0 Å². The fourth-order valence-electron chi connectivity index (χ4n) is 1.03. The SMILES string of the molecule is CCC(C)(C)C(=O)OCCOC(O)CCC(O)O. The largest absolute Gasteiger partial charge is 0.463 e. The Bertz CT molecular complexity index is 239. The van der Waals surface area contributed by atoms with Crippen molar-refractivity contribution in [3.05, 3.63) is 0 Å². The molecule has 0 amide bonds. The number of carbonyl (C=O) groups is 1. The van der Waals surface area contributed by atoms with Gasteiger partial charge < -0.3 is 24.8 Å². The van der Waals surface area contributed by atoms with Gasteiger partial charge in [-0.3, -0.25) is 4.79 Å². The van der Waals surface area contributed by atoms with E-state index in [0.29, 0.717) is 6.42 Å². The van der Waals surface area contributed by atoms with Crippen molar-refractivity contribution in [2.75, 3.05) is 13.2 Å². The smallest absolute Gasteiger partial charge is 0.311 e. The van der Waals surface area contributed by atoms with E-state index in [4.69, 9.17) is 19.7 Å². The van der Waals surface area contributed by atoms with Crippen molar-refractivity contribution < 1.29 is 29.6 Å². The summed E-state index contributed by atoms with van der Waals surface area (Å²) < 4.78 is 9.95. The van der Waals surface area contributed by atoms with E-state index in [-0.39, 0.29) is 32.0 Å². The van der Waals surface area contributed by atoms with Crippen LogP contribution in [0.15, 0.2) is 0 Å². The summed E-state index contributed by atoms with van der Waals surface area (Å²) in [4.78, 5) is 11.5. The van der Waals surface area contributed by atoms with Crippen LogP contribution in [0.2, 0.25) is 0 Å². The molecule has 0 fully saturated rings. The van der Waals surface area contributed by atoms with Gasteiger partial charge in [0.05, 0.1) is 12.0 Å². The normalized spacial score (nSPS) is 13.7. The highest BCUT2D eigenvalue weighted by Crippen LogP contribution is 2.21. The lowest BCUT2D eigenvalue weighted by molar-refractivity contribution is -0.162. The third kappa shape index (κ3) is 7.60. The minimum atomic E-state index is -1.45. The summed E-state index contributed by atoms with van der Waals surface area (Å²) in [5.74, 6) is -0.297. The summed E-state index contributed by atoms with van der Waals surface area (Å²) in [6.45, 7) is 5.65. The minimum absolute atomic E-state index is 0.0316. The predicted octanol–water partition coefficient (Wildman–Crippen LogP) is 0.392. The maximum atomic E-state index is 11.5. The predicted molar refractivity (Wildman–Crippen MR) is 64.4 cm³/mol. The van der Waals surface area contributed by atoms with Crippen molar-refractivity contribution in [1.29, 1.82) is 0 Å². The number of hydrogen-bond acceptors (Lipinski definition) is 6. The molecule has 0 aliphatic heterocycles. The van der Waals surface area contributed by atoms with Gasteiger partial charge in [-0.15, -0.1) is 0 Å². The van der Waals surface area contributed by atoms with Crippen LogP contribution in [-0.2, 0) is 14.3 Å². The second-order valence-electron chi connectivity index (χ2n) is 4.76. The van der Waals surface area contributed by atoms with Gasteiger partial charge in [0.1, 0.15) is 6.61 Å². The van der Waals surface area contributed by atoms with Gasteiger partial charge >= 0.3 is 5.97 Å². The maximum Gasteiger partial charge on any atom is 0.311 e. The van der Waals surface area contributed by atoms with Gasteiger partial charge in [-0.25, -0.2) is 0 Å². The Kier molecular flexibility index (Phi) is 8.10. The molecular formula is C12H24O6. The van der Waals surface area contributed by atoms with Crippen molar-refractivity contribution >= 4 is 5.97 Å². The van der Waals surface area contributed by atoms with Gasteiger partial charge in [-0.1, -0.05) is 6.92 Å². The molecule has 0 heterocycles. The zero-order valence-corrected chi connectivity index (χ0v) is 11.3. The molecule has 0 spiro atoms. The van der Waals surface area contributed by atoms with Crippen LogP contribution in [0.4, 0.5) is 0 Å². The molecule has 0 aliphatic rings. The van der Waals surface area contributed by atoms with E-state index >= 15 is 0 Å². The molecular weight excluding hydrogens is 240 g/mol. The van der Waals surface area contributed by atoms with E-state index < -0.39 is 18.0 Å². The summed E-state index contributed by atoms with van der Waals surface area (Å²) in [5.41, 5.74) is -0.514. The average molecular weight is 264 g/mol. The van der Waals surface area contributed by atoms with E-state index in [1.54, 1.807) is 13.8 Å². The third-order valence-electron chi connectivity index (χ3n) is 2.74.